The van der Waals surface area contributed by atoms with Gasteiger partial charge in [-0.05, 0) is 31.0 Å². The molecule has 0 aliphatic heterocycles. The Labute approximate surface area is 147 Å². The van der Waals surface area contributed by atoms with E-state index in [0.717, 1.165) is 16.8 Å². The third-order valence-corrected chi connectivity index (χ3v) is 4.12. The summed E-state index contributed by atoms with van der Waals surface area (Å²) in [6.45, 7) is 5.68. The van der Waals surface area contributed by atoms with Crippen molar-refractivity contribution in [1.29, 1.82) is 0 Å². The number of hydrogen-bond acceptors (Lipinski definition) is 2. The first kappa shape index (κ1) is 18.6. The summed E-state index contributed by atoms with van der Waals surface area (Å²) in [4.78, 5) is 25.5. The van der Waals surface area contributed by atoms with Crippen LogP contribution in [-0.2, 0) is 16.1 Å². The Hall–Kier alpha value is -2.69. The van der Waals surface area contributed by atoms with Crippen molar-refractivity contribution in [3.63, 3.8) is 0 Å². The van der Waals surface area contributed by atoms with Gasteiger partial charge in [-0.15, -0.1) is 0 Å². The lowest BCUT2D eigenvalue weighted by Gasteiger charge is -2.21. The average molecular weight is 342 g/mol. The molecule has 0 saturated heterocycles. The van der Waals surface area contributed by atoms with E-state index in [4.69, 9.17) is 0 Å². The van der Waals surface area contributed by atoms with Crippen LogP contribution >= 0.6 is 0 Å². The van der Waals surface area contributed by atoms with Gasteiger partial charge < -0.3 is 10.2 Å². The Kier molecular flexibility index (Phi) is 6.28. The van der Waals surface area contributed by atoms with Gasteiger partial charge in [0.05, 0.1) is 0 Å². The molecule has 25 heavy (non-hydrogen) atoms. The van der Waals surface area contributed by atoms with Crippen LogP contribution in [0.5, 0.6) is 0 Å². The fourth-order valence-corrected chi connectivity index (χ4v) is 2.63. The van der Waals surface area contributed by atoms with E-state index in [0.29, 0.717) is 5.56 Å². The fourth-order valence-electron chi connectivity index (χ4n) is 2.63. The predicted molar refractivity (Wildman–Crippen MR) is 96.7 cm³/mol. The Balaban J connectivity index is 1.98. The number of carbonyl (C=O) groups excluding carboxylic acids is 2. The van der Waals surface area contributed by atoms with Crippen molar-refractivity contribution in [2.75, 3.05) is 11.9 Å². The molecule has 1 N–H and O–H groups in total. The average Bonchev–Trinajstić information content (AvgIpc) is 2.56. The van der Waals surface area contributed by atoms with Crippen LogP contribution in [-0.4, -0.2) is 23.3 Å². The largest absolute Gasteiger partial charge is 0.338 e. The third-order valence-electron chi connectivity index (χ3n) is 4.12. The number of nitrogens with zero attached hydrogens (tertiary/aromatic N) is 1. The lowest BCUT2D eigenvalue weighted by molar-refractivity contribution is -0.130. The minimum Gasteiger partial charge on any atom is -0.338 e. The molecule has 0 aromatic heterocycles. The molecule has 4 nitrogen and oxygen atoms in total. The van der Waals surface area contributed by atoms with Crippen molar-refractivity contribution < 1.29 is 14.0 Å². The standard InChI is InChI=1S/C20H23FN2O2/c1-14-7-6-8-15(2)20(14)22-19(25)11-12-23(16(3)24)13-17-9-4-5-10-18(17)21/h4-10H,11-13H2,1-3H3,(H,22,25). The molecular weight excluding hydrogens is 319 g/mol. The highest BCUT2D eigenvalue weighted by Gasteiger charge is 2.14. The molecule has 2 aromatic rings. The summed E-state index contributed by atoms with van der Waals surface area (Å²) < 4.78 is 13.8. The number of para-hydroxylation sites is 1. The molecule has 0 atom stereocenters. The predicted octanol–water partition coefficient (Wildman–Crippen LogP) is 3.82. The highest BCUT2D eigenvalue weighted by Crippen LogP contribution is 2.19. The quantitative estimate of drug-likeness (QED) is 0.867. The SMILES string of the molecule is CC(=O)N(CCC(=O)Nc1c(C)cccc1C)Cc1ccccc1F. The first-order chi connectivity index (χ1) is 11.9. The minimum absolute atomic E-state index is 0.151. The van der Waals surface area contributed by atoms with Crippen LogP contribution in [0.3, 0.4) is 0 Å². The number of carbonyl (C=O) groups is 2. The number of rotatable bonds is 6. The Morgan fingerprint density at radius 1 is 1.04 bits per heavy atom. The van der Waals surface area contributed by atoms with E-state index >= 15 is 0 Å². The molecule has 0 saturated carbocycles. The van der Waals surface area contributed by atoms with Crippen LogP contribution in [0.2, 0.25) is 0 Å². The summed E-state index contributed by atoms with van der Waals surface area (Å²) in [5, 5.41) is 2.90. The number of halogens is 1. The van der Waals surface area contributed by atoms with E-state index in [2.05, 4.69) is 5.32 Å². The van der Waals surface area contributed by atoms with Crippen LogP contribution in [0.15, 0.2) is 42.5 Å². The monoisotopic (exact) mass is 342 g/mol. The second kappa shape index (κ2) is 8.42. The maximum atomic E-state index is 13.8. The Morgan fingerprint density at radius 3 is 2.28 bits per heavy atom. The van der Waals surface area contributed by atoms with Gasteiger partial charge in [0.25, 0.3) is 0 Å². The van der Waals surface area contributed by atoms with Crippen molar-refractivity contribution in [1.82, 2.24) is 4.90 Å². The van der Waals surface area contributed by atoms with Crippen LogP contribution in [0, 0.1) is 19.7 Å². The maximum Gasteiger partial charge on any atom is 0.226 e. The van der Waals surface area contributed by atoms with Gasteiger partial charge in [0, 0.05) is 37.7 Å². The second-order valence-corrected chi connectivity index (χ2v) is 6.10. The molecule has 0 aliphatic carbocycles. The number of hydrogen-bond donors (Lipinski definition) is 1. The van der Waals surface area contributed by atoms with Crippen LogP contribution < -0.4 is 5.32 Å². The summed E-state index contributed by atoms with van der Waals surface area (Å²) in [7, 11) is 0. The molecule has 132 valence electrons. The van der Waals surface area contributed by atoms with Gasteiger partial charge in [-0.25, -0.2) is 4.39 Å². The summed E-state index contributed by atoms with van der Waals surface area (Å²) in [6.07, 6.45) is 0.155. The Bertz CT molecular complexity index is 754. The number of benzene rings is 2. The number of anilines is 1. The van der Waals surface area contributed by atoms with E-state index in [9.17, 15) is 14.0 Å². The van der Waals surface area contributed by atoms with Crippen molar-refractivity contribution in [3.05, 3.63) is 65.0 Å². The van der Waals surface area contributed by atoms with Crippen LogP contribution in [0.1, 0.15) is 30.0 Å². The highest BCUT2D eigenvalue weighted by atomic mass is 19.1. The van der Waals surface area contributed by atoms with Crippen LogP contribution in [0.4, 0.5) is 10.1 Å². The maximum absolute atomic E-state index is 13.8. The van der Waals surface area contributed by atoms with Gasteiger partial charge in [0.1, 0.15) is 5.82 Å². The zero-order valence-corrected chi connectivity index (χ0v) is 14.8. The molecule has 0 radical (unpaired) electrons. The molecular formula is C20H23FN2O2. The molecule has 5 heteroatoms. The van der Waals surface area contributed by atoms with Crippen molar-refractivity contribution >= 4 is 17.5 Å². The number of aryl methyl sites for hydroxylation is 2. The second-order valence-electron chi connectivity index (χ2n) is 6.10. The van der Waals surface area contributed by atoms with Gasteiger partial charge in [-0.3, -0.25) is 9.59 Å². The fraction of sp³-hybridized carbons (Fsp3) is 0.300. The number of amides is 2. The smallest absolute Gasteiger partial charge is 0.226 e. The molecule has 0 spiro atoms. The first-order valence-electron chi connectivity index (χ1n) is 8.23. The van der Waals surface area contributed by atoms with E-state index < -0.39 is 0 Å². The summed E-state index contributed by atoms with van der Waals surface area (Å²) in [6, 6.07) is 12.1. The normalized spacial score (nSPS) is 10.4. The topological polar surface area (TPSA) is 49.4 Å². The summed E-state index contributed by atoms with van der Waals surface area (Å²) >= 11 is 0. The lowest BCUT2D eigenvalue weighted by atomic mass is 10.1. The van der Waals surface area contributed by atoms with Gasteiger partial charge in [0.15, 0.2) is 0 Å². The summed E-state index contributed by atoms with van der Waals surface area (Å²) in [5.74, 6) is -0.714. The van der Waals surface area contributed by atoms with Gasteiger partial charge >= 0.3 is 0 Å². The molecule has 0 bridgehead atoms. The first-order valence-corrected chi connectivity index (χ1v) is 8.23. The molecule has 0 fully saturated rings. The van der Waals surface area contributed by atoms with Crippen molar-refractivity contribution in [2.24, 2.45) is 0 Å². The van der Waals surface area contributed by atoms with Gasteiger partial charge in [-0.2, -0.15) is 0 Å². The zero-order valence-electron chi connectivity index (χ0n) is 14.8. The van der Waals surface area contributed by atoms with E-state index in [1.807, 2.05) is 32.0 Å². The molecule has 2 rings (SSSR count). The highest BCUT2D eigenvalue weighted by molar-refractivity contribution is 5.92. The molecule has 2 amide bonds. The molecule has 2 aromatic carbocycles. The van der Waals surface area contributed by atoms with Crippen molar-refractivity contribution in [3.8, 4) is 0 Å². The summed E-state index contributed by atoms with van der Waals surface area (Å²) in [5.41, 5.74) is 3.22. The minimum atomic E-state index is -0.353. The molecule has 0 aliphatic rings. The third kappa shape index (κ3) is 5.14. The van der Waals surface area contributed by atoms with Crippen LogP contribution in [0.25, 0.3) is 0 Å². The molecule has 0 unspecified atom stereocenters. The van der Waals surface area contributed by atoms with Gasteiger partial charge in [-0.1, -0.05) is 36.4 Å². The Morgan fingerprint density at radius 2 is 1.68 bits per heavy atom. The lowest BCUT2D eigenvalue weighted by Crippen LogP contribution is -2.32. The van der Waals surface area contributed by atoms with Gasteiger partial charge in [0.2, 0.25) is 11.8 Å². The molecule has 0 heterocycles. The number of nitrogens with one attached hydrogen (secondary N) is 1. The van der Waals surface area contributed by atoms with Crippen molar-refractivity contribution in [2.45, 2.75) is 33.7 Å². The van der Waals surface area contributed by atoms with E-state index in [1.165, 1.54) is 17.9 Å². The zero-order chi connectivity index (χ0) is 18.4. The van der Waals surface area contributed by atoms with E-state index in [-0.39, 0.29) is 37.1 Å². The van der Waals surface area contributed by atoms with E-state index in [1.54, 1.807) is 18.2 Å².